The maximum absolute atomic E-state index is 13.5. The highest BCUT2D eigenvalue weighted by Crippen LogP contribution is 2.66. The Morgan fingerprint density at radius 3 is 2.42 bits per heavy atom. The summed E-state index contributed by atoms with van der Waals surface area (Å²) in [5, 5.41) is 4.13. The molecule has 84 heavy (non-hydrogen) atoms. The Kier molecular flexibility index (Phi) is 19.6. The SMILES string of the molecule is CC[N+](CC)=c1ccc2c(/C=C/C=C3\N(CCCS(=O)(=O)[O-])c4ccc(S(=O)(=O)O)cc4C3(C)CCCC(=O)NCC#Cc3cn([C@H]4CC[C@@H](COP(=O)(O)OP(=O)(O)OP(=O)(O)O)O4)c4ncnc(N)c34)c(C)c(-c3ccccc3)oc-2c1. The molecule has 2 aromatic heterocycles. The van der Waals surface area contributed by atoms with Gasteiger partial charge in [-0.15, -0.1) is 0 Å². The Balaban J connectivity index is 1.02. The summed E-state index contributed by atoms with van der Waals surface area (Å²) < 4.78 is 135. The molecule has 1 fully saturated rings. The number of ether oxygens (including phenoxy) is 1. The van der Waals surface area contributed by atoms with E-state index in [-0.39, 0.29) is 61.8 Å². The van der Waals surface area contributed by atoms with E-state index in [2.05, 4.69) is 54.2 Å². The lowest BCUT2D eigenvalue weighted by Gasteiger charge is -2.30. The van der Waals surface area contributed by atoms with E-state index >= 15 is 0 Å². The number of hydrogen-bond acceptors (Lipinski definition) is 18. The van der Waals surface area contributed by atoms with Gasteiger partial charge in [0.25, 0.3) is 10.1 Å². The van der Waals surface area contributed by atoms with E-state index in [0.29, 0.717) is 51.5 Å². The number of carbonyl (C=O) groups excluding carboxylic acids is 1. The third-order valence-electron chi connectivity index (χ3n) is 14.2. The molecule has 5 heterocycles. The zero-order valence-electron chi connectivity index (χ0n) is 45.8. The van der Waals surface area contributed by atoms with Crippen LogP contribution in [0.25, 0.3) is 39.8 Å². The van der Waals surface area contributed by atoms with Gasteiger partial charge in [0.05, 0.1) is 51.3 Å². The summed E-state index contributed by atoms with van der Waals surface area (Å²) in [5.74, 6) is 6.21. The van der Waals surface area contributed by atoms with Crippen LogP contribution >= 0.6 is 23.5 Å². The second-order valence-electron chi connectivity index (χ2n) is 19.9. The van der Waals surface area contributed by atoms with Crippen molar-refractivity contribution in [2.45, 2.75) is 88.9 Å². The van der Waals surface area contributed by atoms with Gasteiger partial charge in [-0.05, 0) is 101 Å². The molecule has 0 spiro atoms. The molecule has 450 valence electrons. The molecule has 3 unspecified atom stereocenters. The number of benzene rings is 3. The minimum Gasteiger partial charge on any atom is -0.748 e. The molecule has 5 atom stereocenters. The fourth-order valence-corrected chi connectivity index (χ4v) is 14.5. The van der Waals surface area contributed by atoms with Gasteiger partial charge < -0.3 is 53.8 Å². The molecule has 2 aromatic carbocycles. The molecule has 0 saturated carbocycles. The van der Waals surface area contributed by atoms with Gasteiger partial charge in [0.2, 0.25) is 11.3 Å². The molecule has 1 amide bonds. The molecule has 1 aliphatic carbocycles. The van der Waals surface area contributed by atoms with Crippen LogP contribution in [0.15, 0.2) is 106 Å². The van der Waals surface area contributed by atoms with Crippen LogP contribution in [0.3, 0.4) is 0 Å². The van der Waals surface area contributed by atoms with Crippen LogP contribution in [-0.2, 0) is 62.0 Å². The van der Waals surface area contributed by atoms with Gasteiger partial charge in [0.1, 0.15) is 48.6 Å². The topological polar surface area (TPSA) is 386 Å². The van der Waals surface area contributed by atoms with E-state index in [1.165, 1.54) is 24.5 Å². The monoisotopic (exact) mass is 1260 g/mol. The Morgan fingerprint density at radius 1 is 0.988 bits per heavy atom. The van der Waals surface area contributed by atoms with Crippen LogP contribution in [-0.4, -0.2) is 111 Å². The maximum atomic E-state index is 13.5. The number of allylic oxidation sites excluding steroid dienone is 3. The second-order valence-corrected chi connectivity index (χ2v) is 27.2. The molecule has 0 bridgehead atoms. The van der Waals surface area contributed by atoms with Gasteiger partial charge in [-0.2, -0.15) is 17.0 Å². The molecular weight excluding hydrogens is 1200 g/mol. The van der Waals surface area contributed by atoms with Crippen molar-refractivity contribution in [2.24, 2.45) is 0 Å². The fraction of sp³-hybridized carbons (Fsp3) is 0.358. The summed E-state index contributed by atoms with van der Waals surface area (Å²) in [4.78, 5) is 60.4. The molecule has 31 heteroatoms. The van der Waals surface area contributed by atoms with E-state index < -0.39 is 73.8 Å². The molecule has 8 N–H and O–H groups in total. The van der Waals surface area contributed by atoms with E-state index in [9.17, 15) is 54.2 Å². The number of amides is 1. The fourth-order valence-electron chi connectivity index (χ4n) is 10.4. The number of hydrogen-bond donors (Lipinski definition) is 7. The van der Waals surface area contributed by atoms with Gasteiger partial charge in [0.15, 0.2) is 0 Å². The molecule has 1 saturated heterocycles. The van der Waals surface area contributed by atoms with Crippen molar-refractivity contribution in [3.63, 3.8) is 0 Å². The minimum absolute atomic E-state index is 0.0269. The molecule has 3 aliphatic heterocycles. The molecule has 4 aliphatic rings. The van der Waals surface area contributed by atoms with Crippen molar-refractivity contribution < 1.29 is 86.3 Å². The predicted molar refractivity (Wildman–Crippen MR) is 308 cm³/mol. The highest BCUT2D eigenvalue weighted by molar-refractivity contribution is 7.86. The first-order chi connectivity index (χ1) is 39.5. The average molecular weight is 1260 g/mol. The second kappa shape index (κ2) is 25.8. The normalized spacial score (nSPS) is 19.4. The smallest absolute Gasteiger partial charge is 0.490 e. The van der Waals surface area contributed by atoms with Crippen molar-refractivity contribution in [3.8, 4) is 34.5 Å². The number of nitrogens with two attached hydrogens (primary N) is 1. The minimum atomic E-state index is -5.73. The van der Waals surface area contributed by atoms with E-state index in [4.69, 9.17) is 29.2 Å². The molecule has 0 radical (unpaired) electrons. The Hall–Kier alpha value is -6.21. The lowest BCUT2D eigenvalue weighted by Crippen LogP contribution is -2.31. The van der Waals surface area contributed by atoms with Gasteiger partial charge >= 0.3 is 23.5 Å². The van der Waals surface area contributed by atoms with E-state index in [0.717, 1.165) is 40.7 Å². The number of phosphoric acid groups is 3. The van der Waals surface area contributed by atoms with Crippen LogP contribution in [0.4, 0.5) is 11.5 Å². The van der Waals surface area contributed by atoms with Crippen molar-refractivity contribution in [1.29, 1.82) is 0 Å². The quantitative estimate of drug-likeness (QED) is 0.0151. The standard InChI is InChI=1S/C53H62N7O19P3S2/c1-5-58(6-2)38-20-23-42-41(35(3)50(77-45(42)30-38)36-14-8-7-9-15-36)17-10-18-46-53(4,43-31-40(84(72,73)74)22-24-44(43)59(46)28-13-29-83(69,70)71)26-11-19-47(61)55-27-12-16-37-32-60(52-49(37)51(54)56-34-57-52)48-25-21-39(76-48)33-75-81(65,66)79-82(67,68)78-80(62,63)64/h7-10,14-15,17-18,20,22-24,30-32,34,39,48H,5-6,11,13,19,21,25-29,33H2,1-4H3,(H8-,54,55,56,57,61,62,63,64,65,66,67,68,69,70,71,72,73,74)/t39-,48+,53?/m0/s1. The number of fused-ring (bicyclic) bond motifs is 3. The zero-order valence-corrected chi connectivity index (χ0v) is 50.1. The summed E-state index contributed by atoms with van der Waals surface area (Å²) in [6.07, 6.45) is 7.67. The number of nitrogens with one attached hydrogen (secondary N) is 1. The lowest BCUT2D eigenvalue weighted by molar-refractivity contribution is -0.121. The number of nitrogens with zero attached hydrogens (tertiary/aromatic N) is 5. The zero-order chi connectivity index (χ0) is 61.0. The highest BCUT2D eigenvalue weighted by atomic mass is 32.2. The Labute approximate surface area is 484 Å². The van der Waals surface area contributed by atoms with E-state index in [1.54, 1.807) is 10.8 Å². The van der Waals surface area contributed by atoms with Gasteiger partial charge in [-0.3, -0.25) is 13.9 Å². The first kappa shape index (κ1) is 63.8. The van der Waals surface area contributed by atoms with Crippen molar-refractivity contribution in [1.82, 2.24) is 24.4 Å². The summed E-state index contributed by atoms with van der Waals surface area (Å²) in [6, 6.07) is 19.9. The van der Waals surface area contributed by atoms with Crippen molar-refractivity contribution >= 4 is 78.2 Å². The first-order valence-electron chi connectivity index (χ1n) is 26.2. The summed E-state index contributed by atoms with van der Waals surface area (Å²) in [6.45, 7) is 8.80. The number of nitrogen functional groups attached to an aromatic ring is 1. The average Bonchev–Trinajstić information content (AvgIpc) is 2.23. The van der Waals surface area contributed by atoms with Crippen molar-refractivity contribution in [2.75, 3.05) is 49.2 Å². The number of aromatic nitrogens is 3. The Morgan fingerprint density at radius 2 is 1.73 bits per heavy atom. The number of carbonyl (C=O) groups is 1. The number of rotatable bonds is 23. The van der Waals surface area contributed by atoms with Crippen LogP contribution in [0.5, 0.6) is 0 Å². The van der Waals surface area contributed by atoms with Crippen LogP contribution in [0, 0.1) is 18.8 Å². The lowest BCUT2D eigenvalue weighted by atomic mass is 9.77. The first-order valence-corrected chi connectivity index (χ1v) is 33.8. The van der Waals surface area contributed by atoms with Crippen molar-refractivity contribution in [3.05, 3.63) is 125 Å². The number of phosphoric ester groups is 1. The van der Waals surface area contributed by atoms with Crippen LogP contribution in [0.1, 0.15) is 87.8 Å². The van der Waals surface area contributed by atoms with E-state index in [1.807, 2.05) is 85.5 Å². The van der Waals surface area contributed by atoms with Gasteiger partial charge in [-0.1, -0.05) is 54.3 Å². The van der Waals surface area contributed by atoms with Crippen LogP contribution < -0.4 is 25.9 Å². The predicted octanol–water partition coefficient (Wildman–Crippen LogP) is 6.71. The summed E-state index contributed by atoms with van der Waals surface area (Å²) >= 11 is 0. The van der Waals surface area contributed by atoms with Crippen LogP contribution in [0.2, 0.25) is 0 Å². The maximum Gasteiger partial charge on any atom is 0.490 e. The summed E-state index contributed by atoms with van der Waals surface area (Å²) in [7, 11) is -26.0. The molecular formula is C53H62N7O19P3S2. The van der Waals surface area contributed by atoms with Gasteiger partial charge in [0, 0.05) is 64.5 Å². The number of anilines is 2. The third-order valence-corrected chi connectivity index (χ3v) is 19.7. The largest absolute Gasteiger partial charge is 0.748 e. The summed E-state index contributed by atoms with van der Waals surface area (Å²) in [5.41, 5.74) is 10.9. The molecule has 26 nitrogen and oxygen atoms in total. The molecule has 4 aromatic rings. The third kappa shape index (κ3) is 15.4. The highest BCUT2D eigenvalue weighted by Gasteiger charge is 2.44. The Bertz CT molecular complexity index is 4040. The van der Waals surface area contributed by atoms with Gasteiger partial charge in [-0.25, -0.2) is 36.7 Å². The molecule has 8 rings (SSSR count).